The van der Waals surface area contributed by atoms with Gasteiger partial charge in [-0.1, -0.05) is 6.92 Å². The van der Waals surface area contributed by atoms with E-state index in [1.807, 2.05) is 6.92 Å². The molecule has 0 saturated heterocycles. The monoisotopic (exact) mass is 282 g/mol. The van der Waals surface area contributed by atoms with E-state index in [1.54, 1.807) is 13.1 Å². The van der Waals surface area contributed by atoms with E-state index in [0.717, 1.165) is 18.2 Å². The number of aromatic nitrogens is 2. The minimum absolute atomic E-state index is 0.0121. The van der Waals surface area contributed by atoms with Crippen molar-refractivity contribution in [3.8, 4) is 0 Å². The summed E-state index contributed by atoms with van der Waals surface area (Å²) in [4.78, 5) is 7.90. The molecule has 0 amide bonds. The number of rotatable bonds is 6. The lowest BCUT2D eigenvalue weighted by molar-refractivity contribution is 0.465. The molecular weight excluding hydrogens is 266 g/mol. The summed E-state index contributed by atoms with van der Waals surface area (Å²) in [5.41, 5.74) is 0. The fourth-order valence-corrected chi connectivity index (χ4v) is 1.63. The average Bonchev–Trinajstić information content (AvgIpc) is 2.88. The molecular formula is C13H16F2N4O. The highest BCUT2D eigenvalue weighted by Crippen LogP contribution is 2.19. The van der Waals surface area contributed by atoms with E-state index in [0.29, 0.717) is 12.4 Å². The second-order valence-corrected chi connectivity index (χ2v) is 4.11. The highest BCUT2D eigenvalue weighted by molar-refractivity contribution is 5.47. The second kappa shape index (κ2) is 6.31. The van der Waals surface area contributed by atoms with Gasteiger partial charge in [-0.05, 0) is 6.92 Å². The molecule has 7 heteroatoms. The van der Waals surface area contributed by atoms with Crippen molar-refractivity contribution < 1.29 is 13.2 Å². The first-order valence-corrected chi connectivity index (χ1v) is 6.41. The van der Waals surface area contributed by atoms with E-state index in [9.17, 15) is 8.78 Å². The maximum absolute atomic E-state index is 13.6. The van der Waals surface area contributed by atoms with Crippen LogP contribution in [0.5, 0.6) is 0 Å². The van der Waals surface area contributed by atoms with Crippen molar-refractivity contribution in [3.63, 3.8) is 0 Å². The summed E-state index contributed by atoms with van der Waals surface area (Å²) in [6.45, 7) is 4.42. The Bertz CT molecular complexity index is 586. The number of anilines is 2. The van der Waals surface area contributed by atoms with E-state index in [2.05, 4.69) is 20.6 Å². The van der Waals surface area contributed by atoms with Crippen molar-refractivity contribution in [3.05, 3.63) is 35.5 Å². The zero-order valence-corrected chi connectivity index (χ0v) is 11.3. The Hall–Kier alpha value is -2.18. The highest BCUT2D eigenvalue weighted by atomic mass is 19.1. The van der Waals surface area contributed by atoms with Gasteiger partial charge in [-0.2, -0.15) is 0 Å². The normalized spacial score (nSPS) is 10.6. The van der Waals surface area contributed by atoms with E-state index in [4.69, 9.17) is 4.42 Å². The summed E-state index contributed by atoms with van der Waals surface area (Å²) in [5.74, 6) is -0.331. The Morgan fingerprint density at radius 2 is 1.85 bits per heavy atom. The minimum Gasteiger partial charge on any atom is -0.444 e. The Morgan fingerprint density at radius 1 is 1.15 bits per heavy atom. The second-order valence-electron chi connectivity index (χ2n) is 4.11. The minimum atomic E-state index is -0.758. The fourth-order valence-electron chi connectivity index (χ4n) is 1.63. The number of aryl methyl sites for hydroxylation is 1. The number of oxazole rings is 1. The standard InChI is InChI=1S/C13H16F2N4O/c1-3-8-6-17-11(20-8)7-18-13-10(15)5-9(14)12(19-13)16-4-2/h5-6H,3-4,7H2,1-2H3,(H2,16,18,19). The van der Waals surface area contributed by atoms with Crippen LogP contribution in [0.3, 0.4) is 0 Å². The zero-order valence-electron chi connectivity index (χ0n) is 11.3. The van der Waals surface area contributed by atoms with Crippen molar-refractivity contribution in [1.82, 2.24) is 9.97 Å². The molecule has 0 radical (unpaired) electrons. The van der Waals surface area contributed by atoms with Gasteiger partial charge in [-0.15, -0.1) is 0 Å². The van der Waals surface area contributed by atoms with Crippen molar-refractivity contribution in [1.29, 1.82) is 0 Å². The third-order valence-electron chi connectivity index (χ3n) is 2.63. The number of halogens is 2. The molecule has 0 aliphatic carbocycles. The van der Waals surface area contributed by atoms with Crippen LogP contribution in [0, 0.1) is 11.6 Å². The van der Waals surface area contributed by atoms with Crippen LogP contribution < -0.4 is 10.6 Å². The molecule has 0 bridgehead atoms. The molecule has 0 spiro atoms. The van der Waals surface area contributed by atoms with Gasteiger partial charge in [0.2, 0.25) is 5.89 Å². The van der Waals surface area contributed by atoms with Crippen LogP contribution in [0.25, 0.3) is 0 Å². The molecule has 0 atom stereocenters. The maximum Gasteiger partial charge on any atom is 0.213 e. The Labute approximate surface area is 115 Å². The van der Waals surface area contributed by atoms with Gasteiger partial charge in [0, 0.05) is 19.0 Å². The number of hydrogen-bond acceptors (Lipinski definition) is 5. The summed E-state index contributed by atoms with van der Waals surface area (Å²) in [5, 5.41) is 5.47. The smallest absolute Gasteiger partial charge is 0.213 e. The van der Waals surface area contributed by atoms with Crippen LogP contribution >= 0.6 is 0 Å². The first-order chi connectivity index (χ1) is 9.63. The summed E-state index contributed by atoms with van der Waals surface area (Å²) < 4.78 is 32.4. The zero-order chi connectivity index (χ0) is 14.5. The Kier molecular flexibility index (Phi) is 4.49. The van der Waals surface area contributed by atoms with Crippen molar-refractivity contribution >= 4 is 11.6 Å². The molecule has 0 saturated carbocycles. The number of nitrogens with zero attached hydrogens (tertiary/aromatic N) is 2. The molecule has 2 aromatic rings. The first-order valence-electron chi connectivity index (χ1n) is 6.41. The van der Waals surface area contributed by atoms with Crippen molar-refractivity contribution in [2.24, 2.45) is 0 Å². The first kappa shape index (κ1) is 14.2. The third-order valence-corrected chi connectivity index (χ3v) is 2.63. The largest absolute Gasteiger partial charge is 0.444 e. The molecule has 2 N–H and O–H groups in total. The van der Waals surface area contributed by atoms with Gasteiger partial charge in [0.1, 0.15) is 5.76 Å². The molecule has 2 heterocycles. The van der Waals surface area contributed by atoms with E-state index >= 15 is 0 Å². The van der Waals surface area contributed by atoms with Crippen LogP contribution in [0.4, 0.5) is 20.4 Å². The van der Waals surface area contributed by atoms with Crippen LogP contribution in [0.15, 0.2) is 16.7 Å². The highest BCUT2D eigenvalue weighted by Gasteiger charge is 2.12. The number of nitrogens with one attached hydrogen (secondary N) is 2. The summed E-state index contributed by atoms with van der Waals surface area (Å²) in [6.07, 6.45) is 2.36. The van der Waals surface area contributed by atoms with Crippen molar-refractivity contribution in [2.75, 3.05) is 17.2 Å². The van der Waals surface area contributed by atoms with Gasteiger partial charge in [0.15, 0.2) is 23.3 Å². The SMILES string of the molecule is CCNc1nc(NCc2ncc(CC)o2)c(F)cc1F. The van der Waals surface area contributed by atoms with Gasteiger partial charge in [0.25, 0.3) is 0 Å². The molecule has 0 aliphatic rings. The van der Waals surface area contributed by atoms with Gasteiger partial charge >= 0.3 is 0 Å². The fraction of sp³-hybridized carbons (Fsp3) is 0.385. The molecule has 2 rings (SSSR count). The molecule has 0 aromatic carbocycles. The van der Waals surface area contributed by atoms with Crippen LogP contribution in [-0.2, 0) is 13.0 Å². The lowest BCUT2D eigenvalue weighted by Gasteiger charge is -2.09. The lowest BCUT2D eigenvalue weighted by Crippen LogP contribution is -2.09. The third kappa shape index (κ3) is 3.23. The lowest BCUT2D eigenvalue weighted by atomic mass is 10.4. The summed E-state index contributed by atoms with van der Waals surface area (Å²) >= 11 is 0. The van der Waals surface area contributed by atoms with Crippen LogP contribution in [-0.4, -0.2) is 16.5 Å². The average molecular weight is 282 g/mol. The molecule has 2 aromatic heterocycles. The predicted molar refractivity (Wildman–Crippen MR) is 71.5 cm³/mol. The van der Waals surface area contributed by atoms with Gasteiger partial charge in [-0.25, -0.2) is 18.7 Å². The summed E-state index contributed by atoms with van der Waals surface area (Å²) in [7, 11) is 0. The topological polar surface area (TPSA) is 63.0 Å². The molecule has 20 heavy (non-hydrogen) atoms. The number of pyridine rings is 1. The molecule has 108 valence electrons. The summed E-state index contributed by atoms with van der Waals surface area (Å²) in [6, 6.07) is 0.792. The van der Waals surface area contributed by atoms with E-state index in [-0.39, 0.29) is 18.2 Å². The Balaban J connectivity index is 2.10. The Morgan fingerprint density at radius 3 is 2.45 bits per heavy atom. The van der Waals surface area contributed by atoms with E-state index < -0.39 is 11.6 Å². The van der Waals surface area contributed by atoms with E-state index in [1.165, 1.54) is 0 Å². The van der Waals surface area contributed by atoms with Gasteiger partial charge in [0.05, 0.1) is 12.7 Å². The molecule has 0 fully saturated rings. The van der Waals surface area contributed by atoms with Crippen LogP contribution in [0.1, 0.15) is 25.5 Å². The molecule has 0 aliphatic heterocycles. The molecule has 5 nitrogen and oxygen atoms in total. The van der Waals surface area contributed by atoms with Gasteiger partial charge in [-0.3, -0.25) is 0 Å². The maximum atomic E-state index is 13.6. The van der Waals surface area contributed by atoms with Crippen LogP contribution in [0.2, 0.25) is 0 Å². The van der Waals surface area contributed by atoms with Crippen molar-refractivity contribution in [2.45, 2.75) is 26.8 Å². The van der Waals surface area contributed by atoms with Gasteiger partial charge < -0.3 is 15.1 Å². The quantitative estimate of drug-likeness (QED) is 0.853. The number of hydrogen-bond donors (Lipinski definition) is 2. The predicted octanol–water partition coefficient (Wildman–Crippen LogP) is 2.95. The molecule has 0 unspecified atom stereocenters.